The third kappa shape index (κ3) is 5.82. The molecule has 0 aliphatic carbocycles. The van der Waals surface area contributed by atoms with Gasteiger partial charge in [-0.05, 0) is 37.3 Å². The van der Waals surface area contributed by atoms with Gasteiger partial charge in [-0.25, -0.2) is 4.79 Å². The summed E-state index contributed by atoms with van der Waals surface area (Å²) in [6, 6.07) is 12.2. The van der Waals surface area contributed by atoms with Crippen LogP contribution < -0.4 is 20.3 Å². The molecular formula is C22H19Cl2N3O6. The highest BCUT2D eigenvalue weighted by molar-refractivity contribution is 6.32. The molecule has 0 unspecified atom stereocenters. The molecule has 11 heteroatoms. The zero-order valence-corrected chi connectivity index (χ0v) is 19.1. The number of halogens is 2. The molecule has 3 rings (SSSR count). The summed E-state index contributed by atoms with van der Waals surface area (Å²) in [7, 11) is 1.45. The number of ether oxygens (including phenoxy) is 3. The summed E-state index contributed by atoms with van der Waals surface area (Å²) in [5.74, 6) is -1.23. The molecular weight excluding hydrogens is 473 g/mol. The first kappa shape index (κ1) is 24.1. The molecule has 0 aliphatic heterocycles. The monoisotopic (exact) mass is 491 g/mol. The van der Waals surface area contributed by atoms with Crippen molar-refractivity contribution in [2.75, 3.05) is 25.6 Å². The molecule has 1 N–H and O–H groups in total. The van der Waals surface area contributed by atoms with Crippen LogP contribution in [0.1, 0.15) is 17.4 Å². The van der Waals surface area contributed by atoms with Crippen LogP contribution in [0.2, 0.25) is 10.0 Å². The second-order valence-electron chi connectivity index (χ2n) is 6.46. The van der Waals surface area contributed by atoms with E-state index in [-0.39, 0.29) is 28.8 Å². The zero-order chi connectivity index (χ0) is 24.0. The van der Waals surface area contributed by atoms with Crippen molar-refractivity contribution in [3.63, 3.8) is 0 Å². The predicted molar refractivity (Wildman–Crippen MR) is 123 cm³/mol. The van der Waals surface area contributed by atoms with E-state index in [4.69, 9.17) is 37.4 Å². The molecule has 0 saturated carbocycles. The van der Waals surface area contributed by atoms with Gasteiger partial charge < -0.3 is 19.5 Å². The van der Waals surface area contributed by atoms with Crippen LogP contribution in [0.15, 0.2) is 53.3 Å². The van der Waals surface area contributed by atoms with Gasteiger partial charge in [-0.15, -0.1) is 0 Å². The molecule has 0 bridgehead atoms. The zero-order valence-electron chi connectivity index (χ0n) is 17.6. The highest BCUT2D eigenvalue weighted by atomic mass is 35.5. The molecule has 0 aliphatic rings. The summed E-state index contributed by atoms with van der Waals surface area (Å²) < 4.78 is 16.6. The van der Waals surface area contributed by atoms with E-state index in [1.165, 1.54) is 13.2 Å². The topological polar surface area (TPSA) is 109 Å². The van der Waals surface area contributed by atoms with E-state index < -0.39 is 24.0 Å². The van der Waals surface area contributed by atoms with Crippen molar-refractivity contribution in [1.29, 1.82) is 0 Å². The Balaban J connectivity index is 1.88. The molecule has 0 fully saturated rings. The van der Waals surface area contributed by atoms with Crippen LogP contribution in [-0.2, 0) is 9.53 Å². The fourth-order valence-corrected chi connectivity index (χ4v) is 3.18. The van der Waals surface area contributed by atoms with Crippen LogP contribution in [-0.4, -0.2) is 42.0 Å². The molecule has 0 spiro atoms. The van der Waals surface area contributed by atoms with E-state index in [1.54, 1.807) is 43.3 Å². The first-order valence-electron chi connectivity index (χ1n) is 9.66. The number of aromatic nitrogens is 2. The van der Waals surface area contributed by atoms with Gasteiger partial charge in [-0.1, -0.05) is 35.3 Å². The Bertz CT molecular complexity index is 1250. The van der Waals surface area contributed by atoms with E-state index in [2.05, 4.69) is 10.4 Å². The van der Waals surface area contributed by atoms with E-state index >= 15 is 0 Å². The number of carbonyl (C=O) groups is 2. The molecule has 0 atom stereocenters. The molecule has 2 aromatic carbocycles. The number of hydrogen-bond donors (Lipinski definition) is 1. The summed E-state index contributed by atoms with van der Waals surface area (Å²) in [4.78, 5) is 37.5. The number of rotatable bonds is 8. The molecule has 172 valence electrons. The highest BCUT2D eigenvalue weighted by Gasteiger charge is 2.21. The maximum Gasteiger partial charge on any atom is 0.362 e. The highest BCUT2D eigenvalue weighted by Crippen LogP contribution is 2.27. The Morgan fingerprint density at radius 3 is 2.55 bits per heavy atom. The smallest absolute Gasteiger partial charge is 0.362 e. The van der Waals surface area contributed by atoms with Gasteiger partial charge in [-0.2, -0.15) is 9.78 Å². The van der Waals surface area contributed by atoms with Crippen LogP contribution in [0, 0.1) is 0 Å². The van der Waals surface area contributed by atoms with E-state index in [1.807, 2.05) is 0 Å². The van der Waals surface area contributed by atoms with Crippen LogP contribution in [0.25, 0.3) is 5.69 Å². The largest absolute Gasteiger partial charge is 0.495 e. The Morgan fingerprint density at radius 1 is 1.09 bits per heavy atom. The van der Waals surface area contributed by atoms with Crippen molar-refractivity contribution in [2.45, 2.75) is 6.92 Å². The second-order valence-corrected chi connectivity index (χ2v) is 7.30. The Hall–Kier alpha value is -3.56. The molecule has 1 aromatic heterocycles. The molecule has 33 heavy (non-hydrogen) atoms. The third-order valence-electron chi connectivity index (χ3n) is 4.24. The number of carbonyl (C=O) groups excluding carboxylic acids is 2. The number of benzene rings is 2. The van der Waals surface area contributed by atoms with Gasteiger partial charge in [-0.3, -0.25) is 9.59 Å². The number of nitrogens with zero attached hydrogens (tertiary/aromatic N) is 2. The Labute approximate surface area is 198 Å². The third-order valence-corrected chi connectivity index (χ3v) is 4.80. The lowest BCUT2D eigenvalue weighted by atomic mass is 10.3. The molecule has 0 saturated heterocycles. The average molecular weight is 492 g/mol. The van der Waals surface area contributed by atoms with Gasteiger partial charge in [0.25, 0.3) is 11.5 Å². The number of anilines is 1. The van der Waals surface area contributed by atoms with Gasteiger partial charge in [0.05, 0.1) is 36.2 Å². The molecule has 0 radical (unpaired) electrons. The summed E-state index contributed by atoms with van der Waals surface area (Å²) in [5.41, 5.74) is -0.309. The Morgan fingerprint density at radius 2 is 1.85 bits per heavy atom. The van der Waals surface area contributed by atoms with E-state index in [0.717, 1.165) is 10.7 Å². The fraction of sp³-hybridized carbons (Fsp3) is 0.182. The lowest BCUT2D eigenvalue weighted by Crippen LogP contribution is -2.27. The van der Waals surface area contributed by atoms with Gasteiger partial charge in [0.1, 0.15) is 5.75 Å². The summed E-state index contributed by atoms with van der Waals surface area (Å²) in [5, 5.41) is 7.32. The van der Waals surface area contributed by atoms with E-state index in [0.29, 0.717) is 16.5 Å². The van der Waals surface area contributed by atoms with Crippen molar-refractivity contribution in [3.05, 3.63) is 74.6 Å². The summed E-state index contributed by atoms with van der Waals surface area (Å²) in [6.07, 6.45) is 0. The van der Waals surface area contributed by atoms with Crippen molar-refractivity contribution in [3.8, 4) is 17.2 Å². The Kier molecular flexibility index (Phi) is 7.92. The van der Waals surface area contributed by atoms with Gasteiger partial charge in [0.2, 0.25) is 5.69 Å². The SMILES string of the molecule is CCOC(=O)c1nn(-c2ccccc2Cl)c(=O)cc1OCC(=O)Nc1cc(Cl)ccc1OC. The van der Waals surface area contributed by atoms with Crippen molar-refractivity contribution in [1.82, 2.24) is 9.78 Å². The molecule has 9 nitrogen and oxygen atoms in total. The number of nitrogens with one attached hydrogen (secondary N) is 1. The second kappa shape index (κ2) is 10.8. The standard InChI is InChI=1S/C22H19Cl2N3O6/c1-3-32-22(30)21-18(11-20(29)27(26-21)16-7-5-4-6-14(16)24)33-12-19(28)25-15-10-13(23)8-9-17(15)31-2/h4-11H,3,12H2,1-2H3,(H,25,28). The van der Waals surface area contributed by atoms with Crippen molar-refractivity contribution in [2.24, 2.45) is 0 Å². The number of esters is 1. The molecule has 1 heterocycles. The number of methoxy groups -OCH3 is 1. The van der Waals surface area contributed by atoms with Crippen molar-refractivity contribution < 1.29 is 23.8 Å². The van der Waals surface area contributed by atoms with Crippen LogP contribution >= 0.6 is 23.2 Å². The first-order valence-corrected chi connectivity index (χ1v) is 10.4. The molecule has 1 amide bonds. The van der Waals surface area contributed by atoms with E-state index in [9.17, 15) is 14.4 Å². The number of hydrogen-bond acceptors (Lipinski definition) is 7. The fourth-order valence-electron chi connectivity index (χ4n) is 2.79. The van der Waals surface area contributed by atoms with Crippen LogP contribution in [0.4, 0.5) is 5.69 Å². The van der Waals surface area contributed by atoms with Gasteiger partial charge >= 0.3 is 5.97 Å². The van der Waals surface area contributed by atoms with Gasteiger partial charge in [0, 0.05) is 5.02 Å². The lowest BCUT2D eigenvalue weighted by Gasteiger charge is -2.14. The summed E-state index contributed by atoms with van der Waals surface area (Å²) >= 11 is 12.1. The predicted octanol–water partition coefficient (Wildman–Crippen LogP) is 3.74. The van der Waals surface area contributed by atoms with Crippen LogP contribution in [0.5, 0.6) is 11.5 Å². The number of para-hydroxylation sites is 1. The maximum atomic E-state index is 12.7. The molecule has 3 aromatic rings. The minimum Gasteiger partial charge on any atom is -0.495 e. The minimum absolute atomic E-state index is 0.0697. The normalized spacial score (nSPS) is 10.4. The summed E-state index contributed by atoms with van der Waals surface area (Å²) in [6.45, 7) is 1.16. The maximum absolute atomic E-state index is 12.7. The number of amides is 1. The minimum atomic E-state index is -0.828. The van der Waals surface area contributed by atoms with Gasteiger partial charge in [0.15, 0.2) is 12.4 Å². The average Bonchev–Trinajstić information content (AvgIpc) is 2.78. The first-order chi connectivity index (χ1) is 15.8. The van der Waals surface area contributed by atoms with Crippen molar-refractivity contribution >= 4 is 40.8 Å². The lowest BCUT2D eigenvalue weighted by molar-refractivity contribution is -0.118. The quantitative estimate of drug-likeness (QED) is 0.478. The van der Waals surface area contributed by atoms with Crippen LogP contribution in [0.3, 0.4) is 0 Å².